The number of nitrogens with one attached hydrogen (secondary N) is 2. The summed E-state index contributed by atoms with van der Waals surface area (Å²) < 4.78 is 5.97. The first-order chi connectivity index (χ1) is 14.9. The van der Waals surface area contributed by atoms with E-state index < -0.39 is 0 Å². The van der Waals surface area contributed by atoms with Crippen molar-refractivity contribution in [2.75, 3.05) is 10.6 Å². The fourth-order valence-electron chi connectivity index (χ4n) is 2.45. The largest absolute Gasteiger partial charge is 0.455 e. The summed E-state index contributed by atoms with van der Waals surface area (Å²) in [6, 6.07) is 11.9. The van der Waals surface area contributed by atoms with Gasteiger partial charge in [0.15, 0.2) is 5.82 Å². The lowest BCUT2D eigenvalue weighted by atomic mass is 10.2. The number of halogens is 2. The van der Waals surface area contributed by atoms with Crippen LogP contribution in [0.15, 0.2) is 42.5 Å². The number of amides is 2. The molecule has 8 nitrogen and oxygen atoms in total. The highest BCUT2D eigenvalue weighted by molar-refractivity contribution is 6.35. The van der Waals surface area contributed by atoms with Crippen LogP contribution in [-0.4, -0.2) is 26.8 Å². The lowest BCUT2D eigenvalue weighted by Gasteiger charge is -2.13. The van der Waals surface area contributed by atoms with Gasteiger partial charge in [-0.1, -0.05) is 49.2 Å². The Kier molecular flexibility index (Phi) is 7.38. The maximum atomic E-state index is 11.8. The van der Waals surface area contributed by atoms with Crippen molar-refractivity contribution in [3.8, 4) is 22.9 Å². The molecule has 0 aliphatic rings. The summed E-state index contributed by atoms with van der Waals surface area (Å²) in [7, 11) is 0. The lowest BCUT2D eigenvalue weighted by Crippen LogP contribution is -2.17. The van der Waals surface area contributed by atoms with Gasteiger partial charge in [-0.2, -0.15) is 15.0 Å². The van der Waals surface area contributed by atoms with E-state index >= 15 is 0 Å². The summed E-state index contributed by atoms with van der Waals surface area (Å²) in [5.41, 5.74) is 0.509. The number of hydrogen-bond acceptors (Lipinski definition) is 6. The van der Waals surface area contributed by atoms with Gasteiger partial charge in [-0.3, -0.25) is 20.2 Å². The molecule has 2 amide bonds. The van der Waals surface area contributed by atoms with E-state index in [0.717, 1.165) is 0 Å². The third kappa shape index (κ3) is 5.90. The van der Waals surface area contributed by atoms with Crippen LogP contribution in [0.4, 0.5) is 11.9 Å². The maximum Gasteiger partial charge on any atom is 0.234 e. The van der Waals surface area contributed by atoms with E-state index in [1.807, 2.05) is 0 Å². The fourth-order valence-corrected chi connectivity index (χ4v) is 2.90. The molecule has 3 aromatic rings. The van der Waals surface area contributed by atoms with Crippen LogP contribution < -0.4 is 15.4 Å². The molecule has 0 atom stereocenters. The van der Waals surface area contributed by atoms with Gasteiger partial charge in [0, 0.05) is 17.9 Å². The van der Waals surface area contributed by atoms with Gasteiger partial charge in [0.25, 0.3) is 0 Å². The van der Waals surface area contributed by atoms with Crippen molar-refractivity contribution >= 4 is 46.9 Å². The molecule has 1 aromatic heterocycles. The first-order valence-corrected chi connectivity index (χ1v) is 10.2. The van der Waals surface area contributed by atoms with Crippen LogP contribution in [0.1, 0.15) is 26.7 Å². The van der Waals surface area contributed by atoms with Crippen molar-refractivity contribution in [2.24, 2.45) is 0 Å². The van der Waals surface area contributed by atoms with Crippen LogP contribution >= 0.6 is 23.2 Å². The van der Waals surface area contributed by atoms with E-state index in [1.165, 1.54) is 0 Å². The summed E-state index contributed by atoms with van der Waals surface area (Å²) in [5.74, 6) is 0.494. The Hall–Kier alpha value is -3.23. The highest BCUT2D eigenvalue weighted by Gasteiger charge is 2.16. The molecule has 0 bridgehead atoms. The number of nitrogens with zero attached hydrogens (tertiary/aromatic N) is 3. The summed E-state index contributed by atoms with van der Waals surface area (Å²) in [5, 5.41) is 6.00. The molecule has 0 aliphatic carbocycles. The number of benzene rings is 2. The molecule has 2 aromatic carbocycles. The molecule has 0 aliphatic heterocycles. The van der Waals surface area contributed by atoms with Crippen molar-refractivity contribution in [3.05, 3.63) is 52.5 Å². The third-order valence-electron chi connectivity index (χ3n) is 4.02. The number of hydrogen-bond donors (Lipinski definition) is 2. The minimum atomic E-state index is -0.276. The predicted octanol–water partition coefficient (Wildman–Crippen LogP) is 5.33. The molecule has 2 N–H and O–H groups in total. The molecule has 160 valence electrons. The summed E-state index contributed by atoms with van der Waals surface area (Å²) in [6.45, 7) is 3.41. The first-order valence-electron chi connectivity index (χ1n) is 9.47. The second-order valence-electron chi connectivity index (χ2n) is 6.28. The summed E-state index contributed by atoms with van der Waals surface area (Å²) in [4.78, 5) is 36.4. The average molecular weight is 460 g/mol. The Morgan fingerprint density at radius 2 is 1.48 bits per heavy atom. The molecule has 0 saturated carbocycles. The average Bonchev–Trinajstić information content (AvgIpc) is 2.75. The molecular weight excluding hydrogens is 441 g/mol. The van der Waals surface area contributed by atoms with Gasteiger partial charge in [-0.15, -0.1) is 0 Å². The third-order valence-corrected chi connectivity index (χ3v) is 4.55. The van der Waals surface area contributed by atoms with Crippen LogP contribution in [0.25, 0.3) is 11.4 Å². The zero-order chi connectivity index (χ0) is 22.4. The van der Waals surface area contributed by atoms with Gasteiger partial charge in [-0.05, 0) is 30.3 Å². The van der Waals surface area contributed by atoms with Gasteiger partial charge in [0.05, 0.1) is 10.6 Å². The molecule has 10 heteroatoms. The SMILES string of the molecule is CCC(=O)Nc1nc(NC(=O)CC)nc(-c2ccccc2Oc2ccc(Cl)cc2Cl)n1. The Labute approximate surface area is 189 Å². The fraction of sp³-hybridized carbons (Fsp3) is 0.190. The van der Waals surface area contributed by atoms with Crippen LogP contribution in [0, 0.1) is 0 Å². The Balaban J connectivity index is 2.04. The van der Waals surface area contributed by atoms with E-state index in [1.54, 1.807) is 56.3 Å². The van der Waals surface area contributed by atoms with Crippen LogP contribution in [0.3, 0.4) is 0 Å². The zero-order valence-corrected chi connectivity index (χ0v) is 18.3. The molecule has 0 saturated heterocycles. The number of carbonyl (C=O) groups is 2. The van der Waals surface area contributed by atoms with Gasteiger partial charge in [0.1, 0.15) is 11.5 Å². The summed E-state index contributed by atoms with van der Waals surface area (Å²) in [6.07, 6.45) is 0.485. The normalized spacial score (nSPS) is 10.5. The van der Waals surface area contributed by atoms with Crippen molar-refractivity contribution in [1.29, 1.82) is 0 Å². The highest BCUT2D eigenvalue weighted by atomic mass is 35.5. The Bertz CT molecular complexity index is 1090. The predicted molar refractivity (Wildman–Crippen MR) is 120 cm³/mol. The van der Waals surface area contributed by atoms with E-state index in [4.69, 9.17) is 27.9 Å². The smallest absolute Gasteiger partial charge is 0.234 e. The lowest BCUT2D eigenvalue weighted by molar-refractivity contribution is -0.116. The molecule has 0 unspecified atom stereocenters. The van der Waals surface area contributed by atoms with Crippen molar-refractivity contribution < 1.29 is 14.3 Å². The van der Waals surface area contributed by atoms with E-state index in [-0.39, 0.29) is 42.4 Å². The molecule has 0 radical (unpaired) electrons. The molecular formula is C21H19Cl2N5O3. The number of anilines is 2. The zero-order valence-electron chi connectivity index (χ0n) is 16.8. The topological polar surface area (TPSA) is 106 Å². The van der Waals surface area contributed by atoms with Gasteiger partial charge >= 0.3 is 0 Å². The van der Waals surface area contributed by atoms with Crippen molar-refractivity contribution in [1.82, 2.24) is 15.0 Å². The molecule has 31 heavy (non-hydrogen) atoms. The monoisotopic (exact) mass is 459 g/mol. The standard InChI is InChI=1S/C21H19Cl2N5O3/c1-3-17(29)24-20-26-19(27-21(28-20)25-18(30)4-2)13-7-5-6-8-15(13)31-16-10-9-12(22)11-14(16)23/h5-11H,3-4H2,1-2H3,(H2,24,25,26,27,28,29,30). The Morgan fingerprint density at radius 3 is 2.06 bits per heavy atom. The number of rotatable bonds is 7. The molecule has 0 fully saturated rings. The number of ether oxygens (including phenoxy) is 1. The number of para-hydroxylation sites is 1. The van der Waals surface area contributed by atoms with Gasteiger partial charge in [-0.25, -0.2) is 0 Å². The van der Waals surface area contributed by atoms with Crippen molar-refractivity contribution in [2.45, 2.75) is 26.7 Å². The van der Waals surface area contributed by atoms with Crippen LogP contribution in [-0.2, 0) is 9.59 Å². The van der Waals surface area contributed by atoms with E-state index in [2.05, 4.69) is 25.6 Å². The Morgan fingerprint density at radius 1 is 0.871 bits per heavy atom. The second-order valence-corrected chi connectivity index (χ2v) is 7.13. The van der Waals surface area contributed by atoms with Gasteiger partial charge < -0.3 is 4.74 Å². The minimum Gasteiger partial charge on any atom is -0.455 e. The van der Waals surface area contributed by atoms with Crippen molar-refractivity contribution in [3.63, 3.8) is 0 Å². The second kappa shape index (κ2) is 10.2. The van der Waals surface area contributed by atoms with Gasteiger partial charge in [0.2, 0.25) is 23.7 Å². The molecule has 3 rings (SSSR count). The van der Waals surface area contributed by atoms with E-state index in [0.29, 0.717) is 27.1 Å². The molecule has 1 heterocycles. The van der Waals surface area contributed by atoms with Crippen LogP contribution in [0.2, 0.25) is 10.0 Å². The maximum absolute atomic E-state index is 11.8. The highest BCUT2D eigenvalue weighted by Crippen LogP contribution is 2.36. The van der Waals surface area contributed by atoms with Crippen LogP contribution in [0.5, 0.6) is 11.5 Å². The first kappa shape index (κ1) is 22.5. The summed E-state index contributed by atoms with van der Waals surface area (Å²) >= 11 is 12.2. The number of carbonyl (C=O) groups excluding carboxylic acids is 2. The minimum absolute atomic E-state index is 0.0163. The molecule has 0 spiro atoms. The quantitative estimate of drug-likeness (QED) is 0.494. The number of aromatic nitrogens is 3. The van der Waals surface area contributed by atoms with E-state index in [9.17, 15) is 9.59 Å².